The van der Waals surface area contributed by atoms with E-state index >= 15 is 0 Å². The molecule has 0 bridgehead atoms. The number of fused-ring (bicyclic) bond motifs is 1. The molecule has 2 aromatic heterocycles. The number of hydrogen-bond acceptors (Lipinski definition) is 11. The van der Waals surface area contributed by atoms with Crippen LogP contribution in [0.3, 0.4) is 0 Å². The van der Waals surface area contributed by atoms with Crippen LogP contribution in [0.1, 0.15) is 23.5 Å². The first-order valence-corrected chi connectivity index (χ1v) is 12.6. The zero-order valence-corrected chi connectivity index (χ0v) is 21.9. The minimum Gasteiger partial charge on any atom is -0.493 e. The summed E-state index contributed by atoms with van der Waals surface area (Å²) in [6, 6.07) is 5.81. The summed E-state index contributed by atoms with van der Waals surface area (Å²) >= 11 is 0. The van der Waals surface area contributed by atoms with Gasteiger partial charge in [0, 0.05) is 11.8 Å². The van der Waals surface area contributed by atoms with Gasteiger partial charge >= 0.3 is 7.82 Å². The molecule has 1 aliphatic heterocycles. The summed E-state index contributed by atoms with van der Waals surface area (Å²) in [6.07, 6.45) is 0.877. The maximum atomic E-state index is 14.7. The van der Waals surface area contributed by atoms with Gasteiger partial charge in [-0.25, -0.2) is 18.9 Å². The van der Waals surface area contributed by atoms with Crippen molar-refractivity contribution in [3.05, 3.63) is 41.8 Å². The summed E-state index contributed by atoms with van der Waals surface area (Å²) in [4.78, 5) is 44.3. The topological polar surface area (TPSA) is 177 Å². The highest BCUT2D eigenvalue weighted by atomic mass is 31.2. The minimum absolute atomic E-state index is 0.0109. The number of phosphoric ester groups is 1. The number of methoxy groups -OCH3 is 2. The summed E-state index contributed by atoms with van der Waals surface area (Å²) in [6.45, 7) is 3.76. The molecule has 39 heavy (non-hydrogen) atoms. The number of aromatic nitrogens is 3. The fraction of sp³-hybridized carbons (Fsp3) is 0.304. The minimum atomic E-state index is -4.94. The molecule has 4 rings (SSSR count). The van der Waals surface area contributed by atoms with Crippen molar-refractivity contribution in [2.24, 2.45) is 0 Å². The Morgan fingerprint density at radius 1 is 1.23 bits per heavy atom. The molecular formula is C23H26FN6O8P. The molecule has 4 N–H and O–H groups in total. The van der Waals surface area contributed by atoms with E-state index in [1.807, 2.05) is 0 Å². The SMILES string of the molecule is [2H]C([2H])([2H])Oc1cc(Nc2ncc(F)c(Nc3ccc4c(n3)N(COP(=O)(O)O)C(=O)C(C)(C)O4)n2)cc(C)c1OC. The normalized spacial score (nSPS) is 15.8. The second kappa shape index (κ2) is 10.6. The maximum absolute atomic E-state index is 14.7. The fourth-order valence-electron chi connectivity index (χ4n) is 3.69. The number of hydrogen-bond donors (Lipinski definition) is 4. The molecule has 0 unspecified atom stereocenters. The Kier molecular flexibility index (Phi) is 6.54. The fourth-order valence-corrected chi connectivity index (χ4v) is 3.95. The molecule has 16 heteroatoms. The second-order valence-corrected chi connectivity index (χ2v) is 9.92. The monoisotopic (exact) mass is 567 g/mol. The highest BCUT2D eigenvalue weighted by Crippen LogP contribution is 2.41. The Balaban J connectivity index is 1.62. The number of pyridine rings is 1. The van der Waals surface area contributed by atoms with E-state index in [4.69, 9.17) is 28.1 Å². The van der Waals surface area contributed by atoms with Crippen LogP contribution in [-0.4, -0.2) is 57.1 Å². The van der Waals surface area contributed by atoms with Gasteiger partial charge in [-0.2, -0.15) is 4.98 Å². The molecule has 3 aromatic rings. The van der Waals surface area contributed by atoms with Gasteiger partial charge in [-0.15, -0.1) is 0 Å². The van der Waals surface area contributed by atoms with Gasteiger partial charge in [0.15, 0.2) is 40.3 Å². The van der Waals surface area contributed by atoms with Crippen LogP contribution in [0.25, 0.3) is 0 Å². The number of benzene rings is 1. The van der Waals surface area contributed by atoms with Crippen LogP contribution < -0.4 is 29.7 Å². The second-order valence-electron chi connectivity index (χ2n) is 8.68. The molecule has 14 nitrogen and oxygen atoms in total. The van der Waals surface area contributed by atoms with Gasteiger partial charge in [-0.3, -0.25) is 14.2 Å². The summed E-state index contributed by atoms with van der Waals surface area (Å²) in [5.41, 5.74) is -0.543. The first-order chi connectivity index (χ1) is 19.5. The third-order valence-electron chi connectivity index (χ3n) is 5.38. The number of carbonyl (C=O) groups excluding carboxylic acids is 1. The third kappa shape index (κ3) is 6.17. The maximum Gasteiger partial charge on any atom is 0.471 e. The highest BCUT2D eigenvalue weighted by Gasteiger charge is 2.42. The van der Waals surface area contributed by atoms with E-state index in [2.05, 4.69) is 30.1 Å². The van der Waals surface area contributed by atoms with Crippen molar-refractivity contribution >= 4 is 42.8 Å². The van der Waals surface area contributed by atoms with Gasteiger partial charge in [0.05, 0.1) is 24.5 Å². The van der Waals surface area contributed by atoms with E-state index in [1.165, 1.54) is 39.2 Å². The Morgan fingerprint density at radius 2 is 2.00 bits per heavy atom. The van der Waals surface area contributed by atoms with Gasteiger partial charge in [-0.05, 0) is 44.5 Å². The lowest BCUT2D eigenvalue weighted by molar-refractivity contribution is -0.133. The van der Waals surface area contributed by atoms with Crippen molar-refractivity contribution in [1.82, 2.24) is 15.0 Å². The van der Waals surface area contributed by atoms with Crippen LogP contribution in [0, 0.1) is 12.7 Å². The zero-order valence-electron chi connectivity index (χ0n) is 24.1. The average Bonchev–Trinajstić information content (AvgIpc) is 2.85. The number of nitrogens with one attached hydrogen (secondary N) is 2. The Morgan fingerprint density at radius 3 is 2.69 bits per heavy atom. The Labute approximate surface area is 226 Å². The summed E-state index contributed by atoms with van der Waals surface area (Å²) in [5.74, 6) is -1.87. The predicted molar refractivity (Wildman–Crippen MR) is 137 cm³/mol. The molecular weight excluding hydrogens is 538 g/mol. The van der Waals surface area contributed by atoms with E-state index in [1.54, 1.807) is 13.0 Å². The number of amides is 1. The van der Waals surface area contributed by atoms with E-state index in [0.29, 0.717) is 11.3 Å². The van der Waals surface area contributed by atoms with Crippen LogP contribution >= 0.6 is 7.82 Å². The predicted octanol–water partition coefficient (Wildman–Crippen LogP) is 3.39. The number of carbonyl (C=O) groups is 1. The first-order valence-electron chi connectivity index (χ1n) is 12.6. The summed E-state index contributed by atoms with van der Waals surface area (Å²) in [5, 5.41) is 5.51. The van der Waals surface area contributed by atoms with Crippen molar-refractivity contribution in [2.45, 2.75) is 26.4 Å². The van der Waals surface area contributed by atoms with Crippen molar-refractivity contribution < 1.29 is 46.4 Å². The van der Waals surface area contributed by atoms with Crippen LogP contribution in [0.15, 0.2) is 30.5 Å². The first kappa shape index (κ1) is 24.0. The molecule has 0 radical (unpaired) electrons. The Bertz CT molecular complexity index is 1570. The molecule has 208 valence electrons. The molecule has 3 heterocycles. The van der Waals surface area contributed by atoms with Gasteiger partial charge in [0.2, 0.25) is 5.95 Å². The van der Waals surface area contributed by atoms with Crippen LogP contribution in [-0.2, 0) is 13.9 Å². The van der Waals surface area contributed by atoms with Gasteiger partial charge in [0.25, 0.3) is 5.91 Å². The van der Waals surface area contributed by atoms with E-state index < -0.39 is 38.9 Å². The molecule has 0 atom stereocenters. The standard InChI is InChI=1S/C23H26FN6O8P/c1-12-8-13(9-16(35-4)18(12)36-5)26-22-25-10-14(24)19(29-22)27-17-7-6-15-20(28-17)30(11-37-39(32,33)34)21(31)23(2,3)38-15/h6-10H,11H2,1-5H3,(H2,32,33,34)(H2,25,26,27,28,29)/i4D3. The molecule has 0 spiro atoms. The van der Waals surface area contributed by atoms with Gasteiger partial charge < -0.3 is 34.6 Å². The lowest BCUT2D eigenvalue weighted by Crippen LogP contribution is -2.53. The number of aryl methyl sites for hydroxylation is 1. The number of ether oxygens (including phenoxy) is 3. The molecule has 1 amide bonds. The smallest absolute Gasteiger partial charge is 0.471 e. The number of halogens is 1. The van der Waals surface area contributed by atoms with E-state index in [9.17, 15) is 13.8 Å². The van der Waals surface area contributed by atoms with Gasteiger partial charge in [-0.1, -0.05) is 0 Å². The number of nitrogens with zero attached hydrogens (tertiary/aromatic N) is 4. The highest BCUT2D eigenvalue weighted by molar-refractivity contribution is 7.46. The molecule has 0 aliphatic carbocycles. The van der Waals surface area contributed by atoms with E-state index in [-0.39, 0.29) is 40.7 Å². The van der Waals surface area contributed by atoms with Crippen LogP contribution in [0.2, 0.25) is 0 Å². The summed E-state index contributed by atoms with van der Waals surface area (Å²) < 4.78 is 68.6. The number of rotatable bonds is 9. The molecule has 1 aromatic carbocycles. The van der Waals surface area contributed by atoms with Crippen molar-refractivity contribution in [1.29, 1.82) is 0 Å². The number of anilines is 5. The van der Waals surface area contributed by atoms with Crippen LogP contribution in [0.5, 0.6) is 17.2 Å². The molecule has 0 saturated heterocycles. The average molecular weight is 567 g/mol. The van der Waals surface area contributed by atoms with Crippen molar-refractivity contribution in [3.63, 3.8) is 0 Å². The molecule has 0 fully saturated rings. The van der Waals surface area contributed by atoms with E-state index in [0.717, 1.165) is 11.1 Å². The van der Waals surface area contributed by atoms with Crippen molar-refractivity contribution in [2.75, 3.05) is 36.4 Å². The summed E-state index contributed by atoms with van der Waals surface area (Å²) in [7, 11) is -6.31. The third-order valence-corrected chi connectivity index (χ3v) is 5.83. The largest absolute Gasteiger partial charge is 0.493 e. The Hall–Kier alpha value is -4.04. The van der Waals surface area contributed by atoms with Crippen LogP contribution in [0.4, 0.5) is 33.5 Å². The quantitative estimate of drug-likeness (QED) is 0.277. The zero-order chi connectivity index (χ0) is 31.0. The molecule has 0 saturated carbocycles. The molecule has 1 aliphatic rings. The van der Waals surface area contributed by atoms with Crippen molar-refractivity contribution in [3.8, 4) is 17.2 Å². The van der Waals surface area contributed by atoms with Gasteiger partial charge in [0.1, 0.15) is 12.5 Å². The lowest BCUT2D eigenvalue weighted by atomic mass is 10.1. The lowest BCUT2D eigenvalue weighted by Gasteiger charge is -2.37. The number of phosphoric acid groups is 1.